The first-order chi connectivity index (χ1) is 21.4. The number of ketones is 1. The summed E-state index contributed by atoms with van der Waals surface area (Å²) in [5.74, 6) is 2.13. The molecule has 0 saturated heterocycles. The van der Waals surface area contributed by atoms with E-state index in [4.69, 9.17) is 4.74 Å². The van der Waals surface area contributed by atoms with Crippen LogP contribution < -0.4 is 0 Å². The molecule has 46 heavy (non-hydrogen) atoms. The molecule has 0 bridgehead atoms. The van der Waals surface area contributed by atoms with E-state index in [1.807, 2.05) is 0 Å². The zero-order chi connectivity index (χ0) is 33.1. The van der Waals surface area contributed by atoms with Crippen LogP contribution in [0, 0.1) is 34.5 Å². The fraction of sp³-hybridized carbons (Fsp3) is 0.619. The SMILES string of the molecule is C=C(C)[C@H]1C(=O)c2c3c(cc4c5c(n1c24)[C@@]1(C)C(CC[C@H]2[C@](C)(/C=C/C=O)[C@@H](C)CC[C@@]21C)C5)C1=CC(C)(C)OC(C)(C)C1[C@@H]3C. The van der Waals surface area contributed by atoms with Crippen molar-refractivity contribution in [1.82, 2.24) is 4.57 Å². The first-order valence-corrected chi connectivity index (χ1v) is 17.9. The molecule has 6 aliphatic rings. The monoisotopic (exact) mass is 619 g/mol. The molecule has 0 amide bonds. The molecule has 2 saturated carbocycles. The van der Waals surface area contributed by atoms with Gasteiger partial charge in [0.1, 0.15) is 12.3 Å². The first kappa shape index (κ1) is 30.6. The van der Waals surface area contributed by atoms with Gasteiger partial charge in [-0.3, -0.25) is 9.59 Å². The number of nitrogens with zero attached hydrogens (tertiary/aromatic N) is 1. The number of Topliss-reactive ketones (excluding diaryl/α,β-unsaturated/α-hetero) is 1. The Balaban J connectivity index is 1.42. The molecule has 4 nitrogen and oxygen atoms in total. The third kappa shape index (κ3) is 3.36. The lowest BCUT2D eigenvalue weighted by atomic mass is 9.39. The molecule has 0 N–H and O–H groups in total. The van der Waals surface area contributed by atoms with E-state index >= 15 is 0 Å². The minimum absolute atomic E-state index is 0.0351. The van der Waals surface area contributed by atoms with Crippen LogP contribution in [0.1, 0.15) is 140 Å². The number of allylic oxidation sites excluding steroid dienone is 3. The Kier molecular flexibility index (Phi) is 6.01. The molecule has 8 rings (SSSR count). The molecule has 2 aliphatic heterocycles. The van der Waals surface area contributed by atoms with Gasteiger partial charge in [-0.2, -0.15) is 0 Å². The van der Waals surface area contributed by atoms with Crippen molar-refractivity contribution in [1.29, 1.82) is 0 Å². The number of aromatic nitrogens is 1. The molecule has 1 aromatic carbocycles. The molecule has 2 unspecified atom stereocenters. The standard InChI is InChI=1S/C42H53NO3/c1-22(2)34-36(45)32-31-24(4)33-29(21-38(5,6)46-39(33,7)8)26(31)20-27-28-19-25-13-14-30-40(9,16-12-18-44)23(3)15-17-41(30,10)42(25,11)37(28)43(34)35(27)32/h12,16,18,20-21,23-25,30,33-34H,1,13-15,17,19H2,2-11H3/b16-12+/t23-,24+,25?,30-,33?,34-,40+,41-,42+/m0/s1. The van der Waals surface area contributed by atoms with Gasteiger partial charge in [-0.25, -0.2) is 0 Å². The van der Waals surface area contributed by atoms with Gasteiger partial charge in [-0.05, 0) is 142 Å². The lowest BCUT2D eigenvalue weighted by molar-refractivity contribution is -0.127. The Labute approximate surface area is 275 Å². The van der Waals surface area contributed by atoms with E-state index in [1.54, 1.807) is 6.08 Å². The Hall–Kier alpha value is -2.72. The van der Waals surface area contributed by atoms with E-state index in [-0.39, 0.29) is 51.1 Å². The van der Waals surface area contributed by atoms with Gasteiger partial charge < -0.3 is 9.30 Å². The van der Waals surface area contributed by atoms with E-state index in [2.05, 4.69) is 98.6 Å². The Morgan fingerprint density at radius 3 is 2.46 bits per heavy atom. The second kappa shape index (κ2) is 9.04. The molecule has 2 aromatic rings. The first-order valence-electron chi connectivity index (χ1n) is 17.9. The van der Waals surface area contributed by atoms with Gasteiger partial charge in [-0.15, -0.1) is 0 Å². The van der Waals surface area contributed by atoms with Crippen LogP contribution in [0.25, 0.3) is 16.5 Å². The molecular formula is C42H53NO3. The minimum atomic E-state index is -0.376. The predicted octanol–water partition coefficient (Wildman–Crippen LogP) is 9.70. The van der Waals surface area contributed by atoms with Crippen LogP contribution in [0.4, 0.5) is 0 Å². The number of benzene rings is 1. The zero-order valence-electron chi connectivity index (χ0n) is 29.8. The summed E-state index contributed by atoms with van der Waals surface area (Å²) in [5, 5.41) is 1.31. The maximum Gasteiger partial charge on any atom is 0.192 e. The van der Waals surface area contributed by atoms with Crippen LogP contribution in [-0.2, 0) is 21.4 Å². The molecule has 3 heterocycles. The molecule has 4 aliphatic carbocycles. The second-order valence-electron chi connectivity index (χ2n) is 18.0. The van der Waals surface area contributed by atoms with Crippen LogP contribution in [0.5, 0.6) is 0 Å². The van der Waals surface area contributed by atoms with Gasteiger partial charge in [0.05, 0.1) is 16.7 Å². The summed E-state index contributed by atoms with van der Waals surface area (Å²) in [5.41, 5.74) is 9.03. The summed E-state index contributed by atoms with van der Waals surface area (Å²) in [4.78, 5) is 26.5. The van der Waals surface area contributed by atoms with Crippen molar-refractivity contribution < 1.29 is 14.3 Å². The van der Waals surface area contributed by atoms with Crippen molar-refractivity contribution in [3.05, 3.63) is 64.4 Å². The lowest BCUT2D eigenvalue weighted by Crippen LogP contribution is -2.60. The van der Waals surface area contributed by atoms with Gasteiger partial charge in [0.2, 0.25) is 0 Å². The van der Waals surface area contributed by atoms with Crippen molar-refractivity contribution in [3.63, 3.8) is 0 Å². The van der Waals surface area contributed by atoms with Gasteiger partial charge >= 0.3 is 0 Å². The summed E-state index contributed by atoms with van der Waals surface area (Å²) >= 11 is 0. The van der Waals surface area contributed by atoms with Gasteiger partial charge in [0, 0.05) is 28.0 Å². The van der Waals surface area contributed by atoms with Crippen molar-refractivity contribution in [2.45, 2.75) is 130 Å². The van der Waals surface area contributed by atoms with Crippen molar-refractivity contribution in [2.24, 2.45) is 34.5 Å². The maximum atomic E-state index is 14.9. The van der Waals surface area contributed by atoms with E-state index < -0.39 is 0 Å². The summed E-state index contributed by atoms with van der Waals surface area (Å²) in [6.45, 7) is 27.6. The van der Waals surface area contributed by atoms with E-state index in [0.29, 0.717) is 17.8 Å². The maximum absolute atomic E-state index is 14.9. The Bertz CT molecular complexity index is 1830. The van der Waals surface area contributed by atoms with Gasteiger partial charge in [0.25, 0.3) is 0 Å². The summed E-state index contributed by atoms with van der Waals surface area (Å²) < 4.78 is 9.20. The van der Waals surface area contributed by atoms with E-state index in [0.717, 1.165) is 30.3 Å². The lowest BCUT2D eigenvalue weighted by Gasteiger charge is -2.65. The van der Waals surface area contributed by atoms with Crippen LogP contribution in [0.2, 0.25) is 0 Å². The molecule has 2 fully saturated rings. The molecule has 1 aromatic heterocycles. The number of carbonyl (C=O) groups excluding carboxylic acids is 2. The van der Waals surface area contributed by atoms with Crippen LogP contribution in [0.3, 0.4) is 0 Å². The quantitative estimate of drug-likeness (QED) is 0.195. The van der Waals surface area contributed by atoms with Crippen molar-refractivity contribution in [3.8, 4) is 0 Å². The highest BCUT2D eigenvalue weighted by atomic mass is 16.5. The minimum Gasteiger partial charge on any atom is -0.365 e. The third-order valence-electron chi connectivity index (χ3n) is 15.0. The largest absolute Gasteiger partial charge is 0.365 e. The average molecular weight is 620 g/mol. The highest BCUT2D eigenvalue weighted by Gasteiger charge is 2.67. The summed E-state index contributed by atoms with van der Waals surface area (Å²) in [6, 6.07) is 2.14. The van der Waals surface area contributed by atoms with Crippen molar-refractivity contribution >= 4 is 28.5 Å². The smallest absolute Gasteiger partial charge is 0.192 e. The number of hydrogen-bond acceptors (Lipinski definition) is 3. The Morgan fingerprint density at radius 1 is 1.07 bits per heavy atom. The van der Waals surface area contributed by atoms with Crippen LogP contribution in [-0.4, -0.2) is 27.8 Å². The number of ether oxygens (including phenoxy) is 1. The second-order valence-corrected chi connectivity index (χ2v) is 18.0. The topological polar surface area (TPSA) is 48.3 Å². The van der Waals surface area contributed by atoms with E-state index in [1.165, 1.54) is 58.1 Å². The number of fused-ring (bicyclic) bond motifs is 11. The zero-order valence-corrected chi connectivity index (χ0v) is 29.8. The van der Waals surface area contributed by atoms with Crippen LogP contribution in [0.15, 0.2) is 36.4 Å². The average Bonchev–Trinajstić information content (AvgIpc) is 3.62. The molecule has 0 radical (unpaired) electrons. The molecule has 244 valence electrons. The molecule has 0 spiro atoms. The molecule has 9 atom stereocenters. The van der Waals surface area contributed by atoms with Gasteiger partial charge in [0.15, 0.2) is 5.78 Å². The summed E-state index contributed by atoms with van der Waals surface area (Å²) in [6.07, 6.45) is 13.0. The Morgan fingerprint density at radius 2 is 1.78 bits per heavy atom. The highest BCUT2D eigenvalue weighted by molar-refractivity contribution is 6.18. The van der Waals surface area contributed by atoms with Crippen molar-refractivity contribution in [2.75, 3.05) is 0 Å². The normalized spacial score (nSPS) is 41.2. The highest BCUT2D eigenvalue weighted by Crippen LogP contribution is 2.72. The van der Waals surface area contributed by atoms with Gasteiger partial charge in [-0.1, -0.05) is 52.8 Å². The fourth-order valence-corrected chi connectivity index (χ4v) is 13.1. The predicted molar refractivity (Wildman–Crippen MR) is 186 cm³/mol. The number of carbonyl (C=O) groups is 2. The molecule has 4 heteroatoms. The molecular weight excluding hydrogens is 566 g/mol. The fourth-order valence-electron chi connectivity index (χ4n) is 13.1. The third-order valence-corrected chi connectivity index (χ3v) is 15.0. The number of rotatable bonds is 3. The van der Waals surface area contributed by atoms with E-state index in [9.17, 15) is 9.59 Å². The van der Waals surface area contributed by atoms with Crippen LogP contribution >= 0.6 is 0 Å². The number of aldehydes is 1. The number of hydrogen-bond donors (Lipinski definition) is 0. The summed E-state index contributed by atoms with van der Waals surface area (Å²) in [7, 11) is 0.